The van der Waals surface area contributed by atoms with E-state index in [2.05, 4.69) is 91.3 Å². The molecule has 0 bridgehead atoms. The van der Waals surface area contributed by atoms with Gasteiger partial charge in [0, 0.05) is 21.9 Å². The maximum atomic E-state index is 10.2. The smallest absolute Gasteiger partial charge is 0.164 e. The third-order valence-corrected chi connectivity index (χ3v) is 10.0. The Labute approximate surface area is 243 Å². The van der Waals surface area contributed by atoms with E-state index in [-0.39, 0.29) is 5.31 Å². The van der Waals surface area contributed by atoms with E-state index in [0.717, 1.165) is 49.9 Å². The summed E-state index contributed by atoms with van der Waals surface area (Å²) in [4.78, 5) is 5.15. The van der Waals surface area contributed by atoms with Crippen LogP contribution < -0.4 is 32.9 Å². The van der Waals surface area contributed by atoms with Crippen molar-refractivity contribution in [1.29, 1.82) is 5.26 Å². The number of para-hydroxylation sites is 1. The van der Waals surface area contributed by atoms with E-state index in [4.69, 9.17) is 9.40 Å². The molecule has 0 amide bonds. The SMILES string of the molecule is Bc1nc(-c2cccc3c2oc2c(-c4c(B)c(B)c(B)c(B)c4B)c(C#N)ccc23)ccc1C1(B)CCCCC1. The summed E-state index contributed by atoms with van der Waals surface area (Å²) in [5, 5.41) is 12.5. The highest BCUT2D eigenvalue weighted by atomic mass is 16.3. The summed E-state index contributed by atoms with van der Waals surface area (Å²) in [7, 11) is 15.4. The fourth-order valence-corrected chi connectivity index (χ4v) is 7.23. The van der Waals surface area contributed by atoms with Gasteiger partial charge in [-0.2, -0.15) is 5.26 Å². The number of nitrogens with zero attached hydrogens (tertiary/aromatic N) is 2. The third kappa shape index (κ3) is 4.01. The minimum atomic E-state index is 0.210. The van der Waals surface area contributed by atoms with Gasteiger partial charge in [0.1, 0.15) is 58.2 Å². The van der Waals surface area contributed by atoms with E-state index in [0.29, 0.717) is 5.56 Å². The van der Waals surface area contributed by atoms with E-state index < -0.39 is 0 Å². The first kappa shape index (κ1) is 26.8. The molecule has 1 saturated carbocycles. The molecule has 0 atom stereocenters. The van der Waals surface area contributed by atoms with Crippen molar-refractivity contribution >= 4 is 110 Å². The van der Waals surface area contributed by atoms with Crippen molar-refractivity contribution < 1.29 is 4.42 Å². The first-order chi connectivity index (χ1) is 19.2. The molecule has 0 saturated heterocycles. The molecule has 0 unspecified atom stereocenters. The number of benzene rings is 3. The number of aromatic nitrogens is 1. The molecule has 0 spiro atoms. The first-order valence-electron chi connectivity index (χ1n) is 14.6. The van der Waals surface area contributed by atoms with Crippen LogP contribution in [0.2, 0.25) is 0 Å². The monoisotopic (exact) mass is 512 g/mol. The topological polar surface area (TPSA) is 49.8 Å². The van der Waals surface area contributed by atoms with E-state index in [9.17, 15) is 5.26 Å². The van der Waals surface area contributed by atoms with E-state index in [1.807, 2.05) is 12.1 Å². The van der Waals surface area contributed by atoms with Crippen LogP contribution in [0.3, 0.4) is 0 Å². The minimum Gasteiger partial charge on any atom is -0.455 e. The lowest BCUT2D eigenvalue weighted by atomic mass is 9.55. The van der Waals surface area contributed by atoms with E-state index in [1.54, 1.807) is 0 Å². The van der Waals surface area contributed by atoms with Crippen LogP contribution in [0.15, 0.2) is 46.9 Å². The third-order valence-electron chi connectivity index (χ3n) is 10.0. The number of hydrogen-bond donors (Lipinski definition) is 0. The van der Waals surface area contributed by atoms with Crippen molar-refractivity contribution in [3.8, 4) is 28.5 Å². The van der Waals surface area contributed by atoms with Gasteiger partial charge in [-0.1, -0.05) is 61.2 Å². The molecule has 40 heavy (non-hydrogen) atoms. The molecule has 0 aliphatic heterocycles. The van der Waals surface area contributed by atoms with Crippen LogP contribution in [-0.2, 0) is 5.31 Å². The lowest BCUT2D eigenvalue weighted by molar-refractivity contribution is 0.399. The largest absolute Gasteiger partial charge is 0.455 e. The van der Waals surface area contributed by atoms with E-state index in [1.165, 1.54) is 65.0 Å². The Hall–Kier alpha value is -3.45. The molecular formula is C30H31B7N2O. The van der Waals surface area contributed by atoms with Gasteiger partial charge in [0.2, 0.25) is 0 Å². The Kier molecular flexibility index (Phi) is 6.61. The molecule has 188 valence electrons. The van der Waals surface area contributed by atoms with Crippen molar-refractivity contribution in [2.45, 2.75) is 37.4 Å². The average Bonchev–Trinajstić information content (AvgIpc) is 3.34. The second-order valence-electron chi connectivity index (χ2n) is 12.2. The fourth-order valence-electron chi connectivity index (χ4n) is 7.23. The Morgan fingerprint density at radius 2 is 1.38 bits per heavy atom. The summed E-state index contributed by atoms with van der Waals surface area (Å²) in [5.74, 6) is 0. The van der Waals surface area contributed by atoms with Gasteiger partial charge in [-0.25, -0.2) is 0 Å². The normalized spacial score (nSPS) is 14.9. The molecule has 2 aromatic heterocycles. The first-order valence-corrected chi connectivity index (χ1v) is 14.6. The van der Waals surface area contributed by atoms with Crippen molar-refractivity contribution in [2.75, 3.05) is 0 Å². The molecule has 1 aliphatic rings. The number of hydrogen-bond acceptors (Lipinski definition) is 3. The van der Waals surface area contributed by atoms with Crippen LogP contribution in [0.5, 0.6) is 0 Å². The van der Waals surface area contributed by atoms with Crippen LogP contribution in [0, 0.1) is 11.3 Å². The fraction of sp³-hybridized carbons (Fsp3) is 0.200. The zero-order valence-corrected chi connectivity index (χ0v) is 24.9. The zero-order chi connectivity index (χ0) is 28.3. The lowest BCUT2D eigenvalue weighted by Crippen LogP contribution is -2.55. The molecular weight excluding hydrogens is 480 g/mol. The van der Waals surface area contributed by atoms with Crippen LogP contribution in [-0.4, -0.2) is 59.9 Å². The maximum Gasteiger partial charge on any atom is 0.164 e. The van der Waals surface area contributed by atoms with Gasteiger partial charge in [-0.3, -0.25) is 4.98 Å². The summed E-state index contributed by atoms with van der Waals surface area (Å²) in [6.45, 7) is 0. The van der Waals surface area contributed by atoms with Gasteiger partial charge in [0.15, 0.2) is 7.85 Å². The molecule has 3 nitrogen and oxygen atoms in total. The summed E-state index contributed by atoms with van der Waals surface area (Å²) in [6, 6.07) is 17.2. The Bertz CT molecular complexity index is 1850. The second kappa shape index (κ2) is 9.88. The van der Waals surface area contributed by atoms with Crippen molar-refractivity contribution in [3.05, 3.63) is 53.6 Å². The summed E-state index contributed by atoms with van der Waals surface area (Å²) < 4.78 is 6.80. The van der Waals surface area contributed by atoms with Gasteiger partial charge in [-0.15, -0.1) is 16.4 Å². The Morgan fingerprint density at radius 3 is 2.02 bits per heavy atom. The molecule has 1 aliphatic carbocycles. The van der Waals surface area contributed by atoms with Crippen LogP contribution in [0.4, 0.5) is 0 Å². The number of furan rings is 1. The number of pyridine rings is 1. The predicted octanol–water partition coefficient (Wildman–Crippen LogP) is -3.47. The van der Waals surface area contributed by atoms with E-state index >= 15 is 0 Å². The zero-order valence-electron chi connectivity index (χ0n) is 24.9. The number of nitriles is 1. The van der Waals surface area contributed by atoms with Gasteiger partial charge in [-0.05, 0) is 46.3 Å². The predicted molar refractivity (Wildman–Crippen MR) is 189 cm³/mol. The van der Waals surface area contributed by atoms with Crippen LogP contribution in [0.1, 0.15) is 43.2 Å². The average molecular weight is 511 g/mol. The van der Waals surface area contributed by atoms with Crippen molar-refractivity contribution in [3.63, 3.8) is 0 Å². The molecule has 2 heterocycles. The second-order valence-corrected chi connectivity index (χ2v) is 12.2. The molecule has 5 aromatic rings. The standard InChI is InChI=1S/C30H31B7N2O/c31-22-21(23(32)25(34)26(35)24(22)33)20-14(13-38)7-8-16-15-5-4-6-17(27(15)40-28(16)20)19-10-9-18(29(36)39-19)30(37)11-2-1-3-12-30/h4-10H,1-3,11-12,31-37H2. The quantitative estimate of drug-likeness (QED) is 0.237. The maximum absolute atomic E-state index is 10.2. The minimum absolute atomic E-state index is 0.210. The highest BCUT2D eigenvalue weighted by Crippen LogP contribution is 2.41. The Balaban J connectivity index is 1.59. The van der Waals surface area contributed by atoms with Crippen LogP contribution >= 0.6 is 0 Å². The summed E-state index contributed by atoms with van der Waals surface area (Å²) >= 11 is 0. The van der Waals surface area contributed by atoms with Crippen molar-refractivity contribution in [1.82, 2.24) is 4.98 Å². The Morgan fingerprint density at radius 1 is 0.725 bits per heavy atom. The molecule has 1 fully saturated rings. The van der Waals surface area contributed by atoms with Gasteiger partial charge in [0.05, 0.1) is 17.3 Å². The summed E-state index contributed by atoms with van der Waals surface area (Å²) in [6.07, 6.45) is 6.39. The van der Waals surface area contributed by atoms with Crippen LogP contribution in [0.25, 0.3) is 44.3 Å². The molecule has 0 N–H and O–H groups in total. The highest BCUT2D eigenvalue weighted by molar-refractivity contribution is 6.68. The molecule has 3 aromatic carbocycles. The number of fused-ring (bicyclic) bond motifs is 3. The number of rotatable bonds is 3. The highest BCUT2D eigenvalue weighted by Gasteiger charge is 2.30. The molecule has 10 heteroatoms. The lowest BCUT2D eigenvalue weighted by Gasteiger charge is -2.35. The molecule has 0 radical (unpaired) electrons. The van der Waals surface area contributed by atoms with Crippen molar-refractivity contribution in [2.24, 2.45) is 0 Å². The van der Waals surface area contributed by atoms with Gasteiger partial charge in [0.25, 0.3) is 0 Å². The van der Waals surface area contributed by atoms with Gasteiger partial charge >= 0.3 is 0 Å². The molecule has 6 rings (SSSR count). The summed E-state index contributed by atoms with van der Waals surface area (Å²) in [5.41, 5.74) is 14.9. The van der Waals surface area contributed by atoms with Gasteiger partial charge < -0.3 is 4.42 Å².